The quantitative estimate of drug-likeness (QED) is 0.612. The van der Waals surface area contributed by atoms with Gasteiger partial charge in [0.05, 0.1) is 0 Å². The Bertz CT molecular complexity index is 825. The Morgan fingerprint density at radius 1 is 1.25 bits per heavy atom. The van der Waals surface area contributed by atoms with E-state index in [4.69, 9.17) is 23.2 Å². The number of hydrogen-bond donors (Lipinski definition) is 2. The number of benzene rings is 2. The summed E-state index contributed by atoms with van der Waals surface area (Å²) >= 11 is 11.9. The molecule has 2 aromatic carbocycles. The standard InChI is InChI=1S/C18H15Cl2N3O/c1-12-8-15(19)6-7-17(12)22-11-14(9-21)18(24)23-10-13-4-2-3-5-16(13)20/h2-8,11,22H,10H2,1H3,(H,23,24)/b14-11-. The first-order chi connectivity index (χ1) is 11.5. The summed E-state index contributed by atoms with van der Waals surface area (Å²) in [7, 11) is 0. The van der Waals surface area contributed by atoms with Crippen LogP contribution in [0.1, 0.15) is 11.1 Å². The van der Waals surface area contributed by atoms with Crippen molar-refractivity contribution in [3.05, 3.63) is 75.4 Å². The molecule has 0 aliphatic carbocycles. The molecule has 0 heterocycles. The largest absolute Gasteiger partial charge is 0.360 e. The van der Waals surface area contributed by atoms with Gasteiger partial charge in [0.25, 0.3) is 5.91 Å². The number of halogens is 2. The summed E-state index contributed by atoms with van der Waals surface area (Å²) in [5.74, 6) is -0.475. The van der Waals surface area contributed by atoms with Crippen LogP contribution in [0.2, 0.25) is 10.0 Å². The Balaban J connectivity index is 2.03. The summed E-state index contributed by atoms with van der Waals surface area (Å²) in [4.78, 5) is 12.1. The minimum atomic E-state index is -0.475. The molecule has 0 unspecified atom stereocenters. The molecule has 2 aromatic rings. The van der Waals surface area contributed by atoms with E-state index in [1.807, 2.05) is 31.2 Å². The number of carbonyl (C=O) groups excluding carboxylic acids is 1. The molecule has 0 radical (unpaired) electrons. The van der Waals surface area contributed by atoms with Crippen molar-refractivity contribution in [3.63, 3.8) is 0 Å². The third-order valence-corrected chi connectivity index (χ3v) is 3.93. The predicted molar refractivity (Wildman–Crippen MR) is 96.8 cm³/mol. The minimum absolute atomic E-state index is 0.0311. The van der Waals surface area contributed by atoms with E-state index in [0.29, 0.717) is 10.0 Å². The van der Waals surface area contributed by atoms with Gasteiger partial charge in [0.1, 0.15) is 11.6 Å². The first kappa shape index (κ1) is 17.9. The van der Waals surface area contributed by atoms with Crippen molar-refractivity contribution >= 4 is 34.8 Å². The van der Waals surface area contributed by atoms with Crippen LogP contribution in [0.5, 0.6) is 0 Å². The third kappa shape index (κ3) is 4.76. The van der Waals surface area contributed by atoms with Crippen LogP contribution in [0.25, 0.3) is 0 Å². The summed E-state index contributed by atoms with van der Waals surface area (Å²) in [5, 5.41) is 16.0. The second kappa shape index (κ2) is 8.39. The molecular weight excluding hydrogens is 345 g/mol. The lowest BCUT2D eigenvalue weighted by molar-refractivity contribution is -0.117. The molecule has 0 aliphatic heterocycles. The van der Waals surface area contributed by atoms with Crippen LogP contribution in [0, 0.1) is 18.3 Å². The average molecular weight is 360 g/mol. The molecule has 24 heavy (non-hydrogen) atoms. The molecule has 2 N–H and O–H groups in total. The van der Waals surface area contributed by atoms with Crippen molar-refractivity contribution in [2.75, 3.05) is 5.32 Å². The van der Waals surface area contributed by atoms with Gasteiger partial charge in [-0.05, 0) is 42.3 Å². The van der Waals surface area contributed by atoms with Crippen molar-refractivity contribution in [1.82, 2.24) is 5.32 Å². The van der Waals surface area contributed by atoms with Crippen molar-refractivity contribution < 1.29 is 4.79 Å². The number of hydrogen-bond acceptors (Lipinski definition) is 3. The fraction of sp³-hybridized carbons (Fsp3) is 0.111. The fourth-order valence-corrected chi connectivity index (χ4v) is 2.43. The molecule has 0 saturated heterocycles. The minimum Gasteiger partial charge on any atom is -0.360 e. The first-order valence-electron chi connectivity index (χ1n) is 7.16. The molecule has 2 rings (SSSR count). The zero-order valence-electron chi connectivity index (χ0n) is 12.9. The van der Waals surface area contributed by atoms with Gasteiger partial charge in [-0.15, -0.1) is 0 Å². The van der Waals surface area contributed by atoms with Crippen LogP contribution >= 0.6 is 23.2 Å². The molecule has 4 nitrogen and oxygen atoms in total. The normalized spacial score (nSPS) is 10.8. The maximum atomic E-state index is 12.1. The molecule has 0 saturated carbocycles. The number of anilines is 1. The van der Waals surface area contributed by atoms with E-state index in [2.05, 4.69) is 10.6 Å². The average Bonchev–Trinajstić information content (AvgIpc) is 2.56. The highest BCUT2D eigenvalue weighted by Crippen LogP contribution is 2.20. The molecule has 122 valence electrons. The molecule has 0 fully saturated rings. The number of nitriles is 1. The number of nitrogens with one attached hydrogen (secondary N) is 2. The smallest absolute Gasteiger partial charge is 0.263 e. The van der Waals surface area contributed by atoms with E-state index < -0.39 is 5.91 Å². The lowest BCUT2D eigenvalue weighted by Crippen LogP contribution is -2.24. The van der Waals surface area contributed by atoms with Crippen LogP contribution in [-0.2, 0) is 11.3 Å². The molecule has 0 spiro atoms. The highest BCUT2D eigenvalue weighted by atomic mass is 35.5. The SMILES string of the molecule is Cc1cc(Cl)ccc1N/C=C(/C#N)C(=O)NCc1ccccc1Cl. The Kier molecular flexibility index (Phi) is 6.25. The number of amides is 1. The zero-order valence-corrected chi connectivity index (χ0v) is 14.4. The topological polar surface area (TPSA) is 64.9 Å². The Morgan fingerprint density at radius 3 is 2.67 bits per heavy atom. The van der Waals surface area contributed by atoms with Crippen molar-refractivity contribution in [2.24, 2.45) is 0 Å². The summed E-state index contributed by atoms with van der Waals surface area (Å²) < 4.78 is 0. The maximum Gasteiger partial charge on any atom is 0.263 e. The van der Waals surface area contributed by atoms with Gasteiger partial charge in [0, 0.05) is 28.5 Å². The Hall–Kier alpha value is -2.48. The van der Waals surface area contributed by atoms with E-state index in [0.717, 1.165) is 16.8 Å². The van der Waals surface area contributed by atoms with Crippen LogP contribution < -0.4 is 10.6 Å². The highest BCUT2D eigenvalue weighted by Gasteiger charge is 2.09. The summed E-state index contributed by atoms with van der Waals surface area (Å²) in [6.45, 7) is 2.13. The molecule has 0 aromatic heterocycles. The second-order valence-corrected chi connectivity index (χ2v) is 5.89. The van der Waals surface area contributed by atoms with Gasteiger partial charge >= 0.3 is 0 Å². The number of nitrogens with zero attached hydrogens (tertiary/aromatic N) is 1. The van der Waals surface area contributed by atoms with Gasteiger partial charge in [-0.1, -0.05) is 41.4 Å². The van der Waals surface area contributed by atoms with Gasteiger partial charge < -0.3 is 10.6 Å². The molecular formula is C18H15Cl2N3O. The lowest BCUT2D eigenvalue weighted by Gasteiger charge is -2.08. The van der Waals surface area contributed by atoms with E-state index in [1.54, 1.807) is 24.3 Å². The van der Waals surface area contributed by atoms with E-state index in [1.165, 1.54) is 6.20 Å². The van der Waals surface area contributed by atoms with E-state index in [-0.39, 0.29) is 12.1 Å². The molecule has 0 aliphatic rings. The molecule has 0 bridgehead atoms. The van der Waals surface area contributed by atoms with Gasteiger partial charge in [0.2, 0.25) is 0 Å². The first-order valence-corrected chi connectivity index (χ1v) is 7.91. The van der Waals surface area contributed by atoms with Gasteiger partial charge in [-0.2, -0.15) is 5.26 Å². The van der Waals surface area contributed by atoms with Gasteiger partial charge in [0.15, 0.2) is 0 Å². The Labute approximate surface area is 150 Å². The number of carbonyl (C=O) groups is 1. The van der Waals surface area contributed by atoms with Crippen LogP contribution in [0.4, 0.5) is 5.69 Å². The van der Waals surface area contributed by atoms with Gasteiger partial charge in [-0.3, -0.25) is 4.79 Å². The van der Waals surface area contributed by atoms with E-state index in [9.17, 15) is 10.1 Å². The predicted octanol–water partition coefficient (Wildman–Crippen LogP) is 4.44. The third-order valence-electron chi connectivity index (χ3n) is 3.32. The maximum absolute atomic E-state index is 12.1. The van der Waals surface area contributed by atoms with Crippen molar-refractivity contribution in [2.45, 2.75) is 13.5 Å². The van der Waals surface area contributed by atoms with Crippen molar-refractivity contribution in [3.8, 4) is 6.07 Å². The molecule has 0 atom stereocenters. The second-order valence-electron chi connectivity index (χ2n) is 5.05. The van der Waals surface area contributed by atoms with Crippen molar-refractivity contribution in [1.29, 1.82) is 5.26 Å². The summed E-state index contributed by atoms with van der Waals surface area (Å²) in [5.41, 5.74) is 2.43. The summed E-state index contributed by atoms with van der Waals surface area (Å²) in [6.07, 6.45) is 1.37. The number of aryl methyl sites for hydroxylation is 1. The Morgan fingerprint density at radius 2 is 2.00 bits per heavy atom. The number of rotatable bonds is 5. The monoisotopic (exact) mass is 359 g/mol. The van der Waals surface area contributed by atoms with E-state index >= 15 is 0 Å². The van der Waals surface area contributed by atoms with Crippen LogP contribution in [0.15, 0.2) is 54.2 Å². The van der Waals surface area contributed by atoms with Crippen LogP contribution in [-0.4, -0.2) is 5.91 Å². The fourth-order valence-electron chi connectivity index (χ4n) is 2.00. The van der Waals surface area contributed by atoms with Gasteiger partial charge in [-0.25, -0.2) is 0 Å². The molecule has 1 amide bonds. The lowest BCUT2D eigenvalue weighted by atomic mass is 10.2. The van der Waals surface area contributed by atoms with Crippen LogP contribution in [0.3, 0.4) is 0 Å². The molecule has 6 heteroatoms. The summed E-state index contributed by atoms with van der Waals surface area (Å²) in [6, 6.07) is 14.4. The highest BCUT2D eigenvalue weighted by molar-refractivity contribution is 6.31. The zero-order chi connectivity index (χ0) is 17.5.